The number of benzene rings is 4. The Kier molecular flexibility index (Phi) is 15.1. The van der Waals surface area contributed by atoms with Crippen molar-refractivity contribution in [1.82, 2.24) is 0 Å². The zero-order valence-electron chi connectivity index (χ0n) is 34.1. The van der Waals surface area contributed by atoms with Crippen molar-refractivity contribution in [2.45, 2.75) is 113 Å². The Labute approximate surface area is 336 Å². The van der Waals surface area contributed by atoms with Gasteiger partial charge in [-0.25, -0.2) is 8.42 Å². The summed E-state index contributed by atoms with van der Waals surface area (Å²) in [4.78, 5) is 0.319. The average Bonchev–Trinajstić information content (AvgIpc) is 3.18. The summed E-state index contributed by atoms with van der Waals surface area (Å²) >= 11 is 0. The van der Waals surface area contributed by atoms with E-state index < -0.39 is 29.2 Å². The number of methoxy groups -OCH3 is 1. The van der Waals surface area contributed by atoms with Gasteiger partial charge in [0.25, 0.3) is 8.32 Å². The second-order valence-corrected chi connectivity index (χ2v) is 22.6. The Morgan fingerprint density at radius 1 is 0.839 bits per heavy atom. The van der Waals surface area contributed by atoms with Gasteiger partial charge in [0.05, 0.1) is 42.2 Å². The summed E-state index contributed by atoms with van der Waals surface area (Å²) in [6.07, 6.45) is 9.46. The molecule has 0 bridgehead atoms. The quantitative estimate of drug-likeness (QED) is 0.0734. The smallest absolute Gasteiger partial charge is 0.261 e. The molecule has 1 heterocycles. The maximum atomic E-state index is 13.8. The van der Waals surface area contributed by atoms with Crippen molar-refractivity contribution in [3.63, 3.8) is 0 Å². The average molecular weight is 797 g/mol. The molecular formula is C47H60O7SSi. The summed E-state index contributed by atoms with van der Waals surface area (Å²) in [6.45, 7) is 13.7. The Hall–Kier alpha value is -3.83. The number of hydrogen-bond acceptors (Lipinski definition) is 7. The van der Waals surface area contributed by atoms with Gasteiger partial charge in [0.2, 0.25) is 0 Å². The molecule has 0 radical (unpaired) electrons. The number of rotatable bonds is 18. The van der Waals surface area contributed by atoms with Gasteiger partial charge < -0.3 is 23.4 Å². The first-order valence-electron chi connectivity index (χ1n) is 19.7. The Morgan fingerprint density at radius 3 is 2.00 bits per heavy atom. The molecule has 300 valence electrons. The van der Waals surface area contributed by atoms with E-state index in [1.807, 2.05) is 75.4 Å². The SMILES string of the molecule is COc1ccc(CO[C@H](C)CC(C/C=C/C=C/[C@H]2C[C@H](CCO[Si](c3ccccc3)(c3ccccc3)C(C)(C)C)OC(C)(C)O2)S(=O)(=O)c2ccccc2)cc1. The third-order valence-corrected chi connectivity index (χ3v) is 17.6. The van der Waals surface area contributed by atoms with Crippen LogP contribution in [0, 0.1) is 0 Å². The maximum absolute atomic E-state index is 13.8. The van der Waals surface area contributed by atoms with Gasteiger partial charge in [-0.3, -0.25) is 0 Å². The molecule has 7 nitrogen and oxygen atoms in total. The van der Waals surface area contributed by atoms with Crippen molar-refractivity contribution in [3.8, 4) is 5.75 Å². The van der Waals surface area contributed by atoms with Gasteiger partial charge in [0.15, 0.2) is 15.6 Å². The van der Waals surface area contributed by atoms with Crippen LogP contribution >= 0.6 is 0 Å². The standard InChI is InChI=1S/C47H60O7SSi/c1-37(51-36-38-28-30-39(50-7)31-29-38)34-43(55(48,49)42-21-13-9-14-22-42)23-15-8-12-20-40-35-41(54-47(5,6)53-40)32-33-52-56(46(2,3)4,44-24-16-10-17-25-44)45-26-18-11-19-27-45/h8-22,24-31,37,40-41,43H,23,32-36H2,1-7H3/b15-8+,20-12+/t37-,40+,41+,43?/m1/s1. The molecule has 0 aromatic heterocycles. The van der Waals surface area contributed by atoms with Crippen LogP contribution in [0.2, 0.25) is 5.04 Å². The van der Waals surface area contributed by atoms with Gasteiger partial charge in [-0.1, -0.05) is 136 Å². The zero-order chi connectivity index (χ0) is 40.2. The Morgan fingerprint density at radius 2 is 1.43 bits per heavy atom. The van der Waals surface area contributed by atoms with Crippen LogP contribution in [0.5, 0.6) is 5.75 Å². The van der Waals surface area contributed by atoms with Crippen LogP contribution in [0.25, 0.3) is 0 Å². The van der Waals surface area contributed by atoms with Gasteiger partial charge in [-0.05, 0) is 85.3 Å². The molecule has 0 aliphatic carbocycles. The van der Waals surface area contributed by atoms with Crippen molar-refractivity contribution in [2.75, 3.05) is 13.7 Å². The minimum Gasteiger partial charge on any atom is -0.497 e. The monoisotopic (exact) mass is 796 g/mol. The van der Waals surface area contributed by atoms with Crippen LogP contribution in [-0.4, -0.2) is 59.8 Å². The lowest BCUT2D eigenvalue weighted by molar-refractivity contribution is -0.291. The molecule has 1 fully saturated rings. The lowest BCUT2D eigenvalue weighted by Gasteiger charge is -2.44. The third-order valence-electron chi connectivity index (χ3n) is 10.3. The summed E-state index contributed by atoms with van der Waals surface area (Å²) in [5, 5.41) is 1.76. The largest absolute Gasteiger partial charge is 0.497 e. The molecule has 5 rings (SSSR count). The predicted octanol–water partition coefficient (Wildman–Crippen LogP) is 9.21. The van der Waals surface area contributed by atoms with E-state index in [4.69, 9.17) is 23.4 Å². The molecule has 0 saturated carbocycles. The highest BCUT2D eigenvalue weighted by Gasteiger charge is 2.50. The predicted molar refractivity (Wildman–Crippen MR) is 229 cm³/mol. The minimum atomic E-state index is -3.61. The highest BCUT2D eigenvalue weighted by molar-refractivity contribution is 7.92. The van der Waals surface area contributed by atoms with Crippen LogP contribution in [-0.2, 0) is 35.1 Å². The Balaban J connectivity index is 1.23. The summed E-state index contributed by atoms with van der Waals surface area (Å²) in [5.41, 5.74) is 0.998. The van der Waals surface area contributed by atoms with Crippen LogP contribution < -0.4 is 15.1 Å². The molecule has 1 aliphatic rings. The lowest BCUT2D eigenvalue weighted by atomic mass is 10.1. The summed E-state index contributed by atoms with van der Waals surface area (Å²) < 4.78 is 59.0. The first kappa shape index (κ1) is 43.3. The van der Waals surface area contributed by atoms with Gasteiger partial charge in [0, 0.05) is 13.0 Å². The highest BCUT2D eigenvalue weighted by Crippen LogP contribution is 2.37. The zero-order valence-corrected chi connectivity index (χ0v) is 35.9. The van der Waals surface area contributed by atoms with E-state index in [2.05, 4.69) is 81.4 Å². The van der Waals surface area contributed by atoms with Crippen molar-refractivity contribution in [3.05, 3.63) is 145 Å². The summed E-state index contributed by atoms with van der Waals surface area (Å²) in [6, 6.07) is 37.7. The fraction of sp³-hybridized carbons (Fsp3) is 0.404. The molecular weight excluding hydrogens is 737 g/mol. The Bertz CT molecular complexity index is 1900. The topological polar surface area (TPSA) is 80.3 Å². The number of allylic oxidation sites excluding steroid dienone is 3. The number of sulfone groups is 1. The lowest BCUT2D eigenvalue weighted by Crippen LogP contribution is -2.66. The summed E-state index contributed by atoms with van der Waals surface area (Å²) in [5.74, 6) is 0.0101. The van der Waals surface area contributed by atoms with Crippen molar-refractivity contribution >= 4 is 28.5 Å². The molecule has 0 amide bonds. The van der Waals surface area contributed by atoms with E-state index in [9.17, 15) is 8.42 Å². The third kappa shape index (κ3) is 11.4. The number of ether oxygens (including phenoxy) is 4. The van der Waals surface area contributed by atoms with Crippen LogP contribution in [0.15, 0.2) is 144 Å². The molecule has 9 heteroatoms. The van der Waals surface area contributed by atoms with Crippen LogP contribution in [0.3, 0.4) is 0 Å². The fourth-order valence-electron chi connectivity index (χ4n) is 7.60. The van der Waals surface area contributed by atoms with E-state index in [0.29, 0.717) is 37.4 Å². The van der Waals surface area contributed by atoms with E-state index in [-0.39, 0.29) is 23.4 Å². The van der Waals surface area contributed by atoms with Gasteiger partial charge in [-0.15, -0.1) is 0 Å². The molecule has 1 saturated heterocycles. The molecule has 0 spiro atoms. The van der Waals surface area contributed by atoms with Crippen molar-refractivity contribution in [2.24, 2.45) is 0 Å². The highest BCUT2D eigenvalue weighted by atomic mass is 32.2. The molecule has 4 atom stereocenters. The molecule has 4 aromatic rings. The van der Waals surface area contributed by atoms with Gasteiger partial charge in [-0.2, -0.15) is 0 Å². The first-order chi connectivity index (χ1) is 26.7. The van der Waals surface area contributed by atoms with Gasteiger partial charge in [0.1, 0.15) is 5.75 Å². The second-order valence-electron chi connectivity index (χ2n) is 16.1. The molecule has 4 aromatic carbocycles. The normalized spacial score (nSPS) is 18.9. The van der Waals surface area contributed by atoms with Crippen molar-refractivity contribution < 1.29 is 31.8 Å². The van der Waals surface area contributed by atoms with E-state index >= 15 is 0 Å². The minimum absolute atomic E-state index is 0.0598. The van der Waals surface area contributed by atoms with Crippen LogP contribution in [0.1, 0.15) is 72.8 Å². The van der Waals surface area contributed by atoms with E-state index in [1.165, 1.54) is 10.4 Å². The van der Waals surface area contributed by atoms with Crippen molar-refractivity contribution in [1.29, 1.82) is 0 Å². The van der Waals surface area contributed by atoms with Crippen LogP contribution in [0.4, 0.5) is 0 Å². The number of hydrogen-bond donors (Lipinski definition) is 0. The molecule has 0 N–H and O–H groups in total. The maximum Gasteiger partial charge on any atom is 0.261 e. The van der Waals surface area contributed by atoms with E-state index in [0.717, 1.165) is 17.7 Å². The molecule has 1 aliphatic heterocycles. The van der Waals surface area contributed by atoms with E-state index in [1.54, 1.807) is 31.4 Å². The fourth-order valence-corrected chi connectivity index (χ4v) is 14.0. The second kappa shape index (κ2) is 19.5. The summed E-state index contributed by atoms with van der Waals surface area (Å²) in [7, 11) is -4.63. The first-order valence-corrected chi connectivity index (χ1v) is 23.2. The van der Waals surface area contributed by atoms with Gasteiger partial charge >= 0.3 is 0 Å². The molecule has 1 unspecified atom stereocenters. The molecule has 56 heavy (non-hydrogen) atoms.